The van der Waals surface area contributed by atoms with Gasteiger partial charge >= 0.3 is 0 Å². The highest BCUT2D eigenvalue weighted by atomic mass is 15.3. The fraction of sp³-hybridized carbons (Fsp3) is 0.684. The molecule has 1 aromatic carbocycles. The number of benzene rings is 1. The summed E-state index contributed by atoms with van der Waals surface area (Å²) in [6.45, 7) is 13.0. The summed E-state index contributed by atoms with van der Waals surface area (Å²) in [4.78, 5) is 8.02. The van der Waals surface area contributed by atoms with Crippen LogP contribution in [0.5, 0.6) is 0 Å². The molecule has 22 heavy (non-hydrogen) atoms. The van der Waals surface area contributed by atoms with E-state index in [2.05, 4.69) is 53.7 Å². The van der Waals surface area contributed by atoms with Crippen LogP contribution in [0.25, 0.3) is 0 Å². The SMILES string of the molecule is CCC(C)N1CC[C@H]2[C@@H](C1)c1cccc3c1N2CCN3CC. The van der Waals surface area contributed by atoms with Crippen molar-refractivity contribution in [2.75, 3.05) is 42.5 Å². The van der Waals surface area contributed by atoms with E-state index in [0.717, 1.165) is 24.5 Å². The maximum atomic E-state index is 2.75. The Morgan fingerprint density at radius 1 is 1.18 bits per heavy atom. The van der Waals surface area contributed by atoms with Gasteiger partial charge in [0.15, 0.2) is 0 Å². The van der Waals surface area contributed by atoms with Crippen LogP contribution in [0.15, 0.2) is 18.2 Å². The molecule has 3 atom stereocenters. The largest absolute Gasteiger partial charge is 0.368 e. The van der Waals surface area contributed by atoms with Crippen LogP contribution in [0.4, 0.5) is 11.4 Å². The van der Waals surface area contributed by atoms with Gasteiger partial charge in [0.05, 0.1) is 11.4 Å². The van der Waals surface area contributed by atoms with Gasteiger partial charge < -0.3 is 9.80 Å². The molecule has 1 saturated heterocycles. The fourth-order valence-electron chi connectivity index (χ4n) is 4.84. The van der Waals surface area contributed by atoms with Crippen LogP contribution >= 0.6 is 0 Å². The van der Waals surface area contributed by atoms with E-state index in [1.54, 1.807) is 11.3 Å². The number of rotatable bonds is 3. The van der Waals surface area contributed by atoms with Gasteiger partial charge in [0, 0.05) is 50.7 Å². The molecule has 0 aromatic heterocycles. The molecule has 0 N–H and O–H groups in total. The van der Waals surface area contributed by atoms with Crippen molar-refractivity contribution in [3.05, 3.63) is 23.8 Å². The second kappa shape index (κ2) is 5.45. The molecule has 0 saturated carbocycles. The lowest BCUT2D eigenvalue weighted by Crippen LogP contribution is -2.51. The van der Waals surface area contributed by atoms with Crippen LogP contribution in [-0.4, -0.2) is 49.7 Å². The average Bonchev–Trinajstić information content (AvgIpc) is 2.90. The zero-order valence-corrected chi connectivity index (χ0v) is 14.3. The van der Waals surface area contributed by atoms with Crippen LogP contribution in [0.1, 0.15) is 45.1 Å². The lowest BCUT2D eigenvalue weighted by molar-refractivity contribution is 0.144. The molecule has 120 valence electrons. The van der Waals surface area contributed by atoms with Crippen LogP contribution in [-0.2, 0) is 0 Å². The topological polar surface area (TPSA) is 9.72 Å². The molecule has 1 unspecified atom stereocenters. The minimum atomic E-state index is 0.717. The van der Waals surface area contributed by atoms with Crippen LogP contribution in [0.3, 0.4) is 0 Å². The van der Waals surface area contributed by atoms with Crippen molar-refractivity contribution in [1.82, 2.24) is 4.90 Å². The summed E-state index contributed by atoms with van der Waals surface area (Å²) < 4.78 is 0. The third-order valence-electron chi connectivity index (χ3n) is 6.29. The normalized spacial score (nSPS) is 28.5. The van der Waals surface area contributed by atoms with Crippen molar-refractivity contribution in [1.29, 1.82) is 0 Å². The van der Waals surface area contributed by atoms with Crippen molar-refractivity contribution in [3.8, 4) is 0 Å². The summed E-state index contributed by atoms with van der Waals surface area (Å²) in [6, 6.07) is 8.48. The first-order valence-electron chi connectivity index (χ1n) is 9.13. The average molecular weight is 299 g/mol. The highest BCUT2D eigenvalue weighted by Crippen LogP contribution is 2.50. The quantitative estimate of drug-likeness (QED) is 0.848. The van der Waals surface area contributed by atoms with Crippen molar-refractivity contribution in [3.63, 3.8) is 0 Å². The first-order valence-corrected chi connectivity index (χ1v) is 9.13. The van der Waals surface area contributed by atoms with Crippen molar-refractivity contribution < 1.29 is 0 Å². The van der Waals surface area contributed by atoms with E-state index < -0.39 is 0 Å². The van der Waals surface area contributed by atoms with Gasteiger partial charge in [0.25, 0.3) is 0 Å². The van der Waals surface area contributed by atoms with Gasteiger partial charge in [-0.25, -0.2) is 0 Å². The summed E-state index contributed by atoms with van der Waals surface area (Å²) in [6.07, 6.45) is 2.59. The highest BCUT2D eigenvalue weighted by Gasteiger charge is 2.45. The maximum Gasteiger partial charge on any atom is 0.0644 e. The van der Waals surface area contributed by atoms with Crippen molar-refractivity contribution in [2.45, 2.75) is 51.6 Å². The summed E-state index contributed by atoms with van der Waals surface area (Å²) in [7, 11) is 0. The van der Waals surface area contributed by atoms with Crippen LogP contribution < -0.4 is 9.80 Å². The van der Waals surface area contributed by atoms with Gasteiger partial charge in [-0.3, -0.25) is 4.90 Å². The smallest absolute Gasteiger partial charge is 0.0644 e. The van der Waals surface area contributed by atoms with Crippen LogP contribution in [0, 0.1) is 0 Å². The summed E-state index contributed by atoms with van der Waals surface area (Å²) >= 11 is 0. The molecule has 1 aromatic rings. The Morgan fingerprint density at radius 3 is 2.82 bits per heavy atom. The Labute approximate surface area is 134 Å². The van der Waals surface area contributed by atoms with E-state index in [1.165, 1.54) is 44.7 Å². The molecule has 4 rings (SSSR count). The molecule has 0 bridgehead atoms. The lowest BCUT2D eigenvalue weighted by Gasteiger charge is -2.43. The van der Waals surface area contributed by atoms with Crippen molar-refractivity contribution in [2.24, 2.45) is 0 Å². The Hall–Kier alpha value is -1.22. The number of hydrogen-bond acceptors (Lipinski definition) is 3. The minimum absolute atomic E-state index is 0.717. The standard InChI is InChI=1S/C19H29N3/c1-4-14(3)21-10-9-17-16(13-21)15-7-6-8-18-19(15)22(17)12-11-20(18)5-2/h6-8,14,16-17H,4-5,9-13H2,1-3H3/t14?,16-,17-/m0/s1. The zero-order valence-electron chi connectivity index (χ0n) is 14.3. The number of hydrogen-bond donors (Lipinski definition) is 0. The molecule has 0 amide bonds. The van der Waals surface area contributed by atoms with Crippen molar-refractivity contribution >= 4 is 11.4 Å². The molecule has 3 aliphatic heterocycles. The first-order chi connectivity index (χ1) is 10.7. The zero-order chi connectivity index (χ0) is 15.3. The molecular weight excluding hydrogens is 270 g/mol. The number of piperidine rings is 1. The Kier molecular flexibility index (Phi) is 3.56. The van der Waals surface area contributed by atoms with Gasteiger partial charge in [0.1, 0.15) is 0 Å². The van der Waals surface area contributed by atoms with Gasteiger partial charge in [-0.15, -0.1) is 0 Å². The van der Waals surface area contributed by atoms with Crippen LogP contribution in [0.2, 0.25) is 0 Å². The number of likely N-dealkylation sites (N-methyl/N-ethyl adjacent to an activating group) is 1. The summed E-state index contributed by atoms with van der Waals surface area (Å²) in [5.74, 6) is 0.717. The molecule has 3 heterocycles. The van der Waals surface area contributed by atoms with Gasteiger partial charge in [-0.1, -0.05) is 19.1 Å². The first kappa shape index (κ1) is 14.4. The van der Waals surface area contributed by atoms with E-state index in [1.807, 2.05) is 0 Å². The van der Waals surface area contributed by atoms with E-state index in [0.29, 0.717) is 0 Å². The summed E-state index contributed by atoms with van der Waals surface area (Å²) in [5.41, 5.74) is 4.67. The predicted molar refractivity (Wildman–Crippen MR) is 94.1 cm³/mol. The number of fused-ring (bicyclic) bond motifs is 3. The molecule has 0 radical (unpaired) electrons. The number of nitrogens with zero attached hydrogens (tertiary/aromatic N) is 3. The molecule has 0 spiro atoms. The predicted octanol–water partition coefficient (Wildman–Crippen LogP) is 3.30. The third kappa shape index (κ3) is 1.98. The molecular formula is C19H29N3. The van der Waals surface area contributed by atoms with E-state index in [-0.39, 0.29) is 0 Å². The Morgan fingerprint density at radius 2 is 2.05 bits per heavy atom. The monoisotopic (exact) mass is 299 g/mol. The summed E-state index contributed by atoms with van der Waals surface area (Å²) in [5, 5.41) is 0. The van der Waals surface area contributed by atoms with E-state index in [9.17, 15) is 0 Å². The second-order valence-electron chi connectivity index (χ2n) is 7.20. The molecule has 3 aliphatic rings. The van der Waals surface area contributed by atoms with Gasteiger partial charge in [-0.2, -0.15) is 0 Å². The Balaban J connectivity index is 1.70. The van der Waals surface area contributed by atoms with E-state index >= 15 is 0 Å². The number of para-hydroxylation sites is 1. The second-order valence-corrected chi connectivity index (χ2v) is 7.20. The minimum Gasteiger partial charge on any atom is -0.368 e. The Bertz CT molecular complexity index is 556. The number of likely N-dealkylation sites (tertiary alicyclic amines) is 1. The fourth-order valence-corrected chi connectivity index (χ4v) is 4.84. The molecule has 0 aliphatic carbocycles. The highest BCUT2D eigenvalue weighted by molar-refractivity contribution is 5.81. The number of anilines is 2. The van der Waals surface area contributed by atoms with Gasteiger partial charge in [-0.05, 0) is 38.3 Å². The lowest BCUT2D eigenvalue weighted by atomic mass is 9.88. The maximum absolute atomic E-state index is 2.75. The van der Waals surface area contributed by atoms with E-state index in [4.69, 9.17) is 0 Å². The molecule has 3 heteroatoms. The third-order valence-corrected chi connectivity index (χ3v) is 6.29. The van der Waals surface area contributed by atoms with Gasteiger partial charge in [0.2, 0.25) is 0 Å². The molecule has 1 fully saturated rings. The molecule has 3 nitrogen and oxygen atoms in total.